The number of ether oxygens (including phenoxy) is 2. The van der Waals surface area contributed by atoms with Gasteiger partial charge in [0.25, 0.3) is 5.91 Å². The molecule has 2 aromatic heterocycles. The number of rotatable bonds is 4. The van der Waals surface area contributed by atoms with E-state index in [0.717, 1.165) is 15.8 Å². The molecular formula is C23H19N3O3S. The van der Waals surface area contributed by atoms with E-state index in [9.17, 15) is 4.79 Å². The van der Waals surface area contributed by atoms with Crippen LogP contribution in [0.5, 0.6) is 11.5 Å². The summed E-state index contributed by atoms with van der Waals surface area (Å²) in [5.41, 5.74) is 1.77. The van der Waals surface area contributed by atoms with Crippen LogP contribution >= 0.6 is 11.3 Å². The molecule has 30 heavy (non-hydrogen) atoms. The normalized spacial score (nSPS) is 17.6. The molecule has 2 aromatic carbocycles. The van der Waals surface area contributed by atoms with Crippen molar-refractivity contribution in [3.63, 3.8) is 0 Å². The molecule has 1 aliphatic rings. The first-order chi connectivity index (χ1) is 14.7. The van der Waals surface area contributed by atoms with E-state index >= 15 is 0 Å². The van der Waals surface area contributed by atoms with Gasteiger partial charge in [-0.25, -0.2) is 4.98 Å². The summed E-state index contributed by atoms with van der Waals surface area (Å²) < 4.78 is 13.0. The van der Waals surface area contributed by atoms with E-state index in [2.05, 4.69) is 4.98 Å². The molecule has 2 unspecified atom stereocenters. The quantitative estimate of drug-likeness (QED) is 0.491. The molecule has 0 fully saturated rings. The maximum absolute atomic E-state index is 13.7. The lowest BCUT2D eigenvalue weighted by Gasteiger charge is -2.33. The van der Waals surface area contributed by atoms with Gasteiger partial charge in [-0.1, -0.05) is 41.7 Å². The Morgan fingerprint density at radius 2 is 1.80 bits per heavy atom. The number of aromatic nitrogens is 2. The number of hydrogen-bond acceptors (Lipinski definition) is 6. The number of benzene rings is 2. The topological polar surface area (TPSA) is 64.6 Å². The molecule has 0 N–H and O–H groups in total. The smallest absolute Gasteiger partial charge is 0.274 e. The summed E-state index contributed by atoms with van der Waals surface area (Å²) in [4.78, 5) is 24.2. The van der Waals surface area contributed by atoms with Gasteiger partial charge in [0.15, 0.2) is 16.6 Å². The standard InChI is InChI=1S/C23H19N3O3S/c1-15-21(29-19-10-4-3-9-18(19)28-15)22(27)26(14-16-7-6-12-24-13-16)23-25-17-8-2-5-11-20(17)30-23/h2-13,15,21H,14H2,1H3. The number of hydrogen-bond donors (Lipinski definition) is 0. The van der Waals surface area contributed by atoms with E-state index in [1.54, 1.807) is 17.3 Å². The maximum atomic E-state index is 13.7. The van der Waals surface area contributed by atoms with Crippen molar-refractivity contribution in [2.45, 2.75) is 25.7 Å². The lowest BCUT2D eigenvalue weighted by Crippen LogP contribution is -2.50. The third-order valence-electron chi connectivity index (χ3n) is 4.93. The average molecular weight is 417 g/mol. The molecule has 0 saturated heterocycles. The molecule has 150 valence electrons. The maximum Gasteiger partial charge on any atom is 0.274 e. The van der Waals surface area contributed by atoms with Crippen LogP contribution in [-0.4, -0.2) is 28.1 Å². The number of nitrogens with zero attached hydrogens (tertiary/aromatic N) is 3. The van der Waals surface area contributed by atoms with Crippen molar-refractivity contribution < 1.29 is 14.3 Å². The van der Waals surface area contributed by atoms with Crippen LogP contribution in [0.25, 0.3) is 10.2 Å². The molecule has 4 aromatic rings. The Balaban J connectivity index is 1.51. The largest absolute Gasteiger partial charge is 0.482 e. The lowest BCUT2D eigenvalue weighted by atomic mass is 10.1. The van der Waals surface area contributed by atoms with Crippen LogP contribution in [0, 0.1) is 0 Å². The van der Waals surface area contributed by atoms with Crippen molar-refractivity contribution in [1.29, 1.82) is 0 Å². The summed E-state index contributed by atoms with van der Waals surface area (Å²) >= 11 is 1.48. The molecule has 0 aliphatic carbocycles. The molecule has 1 amide bonds. The lowest BCUT2D eigenvalue weighted by molar-refractivity contribution is -0.130. The fourth-order valence-corrected chi connectivity index (χ4v) is 4.40. The first-order valence-corrected chi connectivity index (χ1v) is 10.5. The number of amides is 1. The number of para-hydroxylation sites is 3. The van der Waals surface area contributed by atoms with Gasteiger partial charge in [-0.3, -0.25) is 14.7 Å². The Morgan fingerprint density at radius 1 is 1.03 bits per heavy atom. The summed E-state index contributed by atoms with van der Waals surface area (Å²) in [5.74, 6) is 1.02. The summed E-state index contributed by atoms with van der Waals surface area (Å²) in [7, 11) is 0. The van der Waals surface area contributed by atoms with Crippen LogP contribution in [0.2, 0.25) is 0 Å². The molecule has 6 nitrogen and oxygen atoms in total. The van der Waals surface area contributed by atoms with Crippen LogP contribution in [-0.2, 0) is 11.3 Å². The van der Waals surface area contributed by atoms with Crippen molar-refractivity contribution in [2.24, 2.45) is 0 Å². The molecular weight excluding hydrogens is 398 g/mol. The highest BCUT2D eigenvalue weighted by Gasteiger charge is 2.38. The first kappa shape index (κ1) is 18.6. The monoisotopic (exact) mass is 417 g/mol. The fraction of sp³-hybridized carbons (Fsp3) is 0.174. The summed E-state index contributed by atoms with van der Waals surface area (Å²) in [6.07, 6.45) is 2.26. The molecule has 0 spiro atoms. The van der Waals surface area contributed by atoms with E-state index in [1.165, 1.54) is 11.3 Å². The highest BCUT2D eigenvalue weighted by molar-refractivity contribution is 7.22. The minimum absolute atomic E-state index is 0.195. The number of carbonyl (C=O) groups is 1. The van der Waals surface area contributed by atoms with Gasteiger partial charge < -0.3 is 9.47 Å². The molecule has 0 bridgehead atoms. The van der Waals surface area contributed by atoms with Crippen molar-refractivity contribution in [1.82, 2.24) is 9.97 Å². The fourth-order valence-electron chi connectivity index (χ4n) is 3.43. The second kappa shape index (κ2) is 7.76. The van der Waals surface area contributed by atoms with Gasteiger partial charge in [0, 0.05) is 12.4 Å². The number of pyridine rings is 1. The van der Waals surface area contributed by atoms with Gasteiger partial charge in [0.2, 0.25) is 6.10 Å². The zero-order chi connectivity index (χ0) is 20.5. The highest BCUT2D eigenvalue weighted by atomic mass is 32.1. The third-order valence-corrected chi connectivity index (χ3v) is 5.99. The molecule has 3 heterocycles. The SMILES string of the molecule is CC1Oc2ccccc2OC1C(=O)N(Cc1cccnc1)c1nc2ccccc2s1. The Labute approximate surface area is 177 Å². The summed E-state index contributed by atoms with van der Waals surface area (Å²) in [5, 5.41) is 0.625. The molecule has 2 atom stereocenters. The second-order valence-electron chi connectivity index (χ2n) is 7.06. The number of thiazole rings is 1. The molecule has 5 rings (SSSR count). The minimum Gasteiger partial charge on any atom is -0.482 e. The Hall–Kier alpha value is -3.45. The van der Waals surface area contributed by atoms with Crippen LogP contribution in [0.3, 0.4) is 0 Å². The molecule has 7 heteroatoms. The minimum atomic E-state index is -0.774. The van der Waals surface area contributed by atoms with Crippen molar-refractivity contribution in [2.75, 3.05) is 4.90 Å². The van der Waals surface area contributed by atoms with E-state index in [1.807, 2.05) is 67.6 Å². The Kier molecular flexibility index (Phi) is 4.80. The van der Waals surface area contributed by atoms with Crippen LogP contribution in [0.1, 0.15) is 12.5 Å². The average Bonchev–Trinajstić information content (AvgIpc) is 3.21. The van der Waals surface area contributed by atoms with Gasteiger partial charge in [0.1, 0.15) is 6.10 Å². The van der Waals surface area contributed by atoms with E-state index in [-0.39, 0.29) is 5.91 Å². The first-order valence-electron chi connectivity index (χ1n) is 9.67. The van der Waals surface area contributed by atoms with Gasteiger partial charge in [-0.2, -0.15) is 0 Å². The zero-order valence-corrected chi connectivity index (χ0v) is 17.1. The molecule has 1 aliphatic heterocycles. The second-order valence-corrected chi connectivity index (χ2v) is 8.07. The summed E-state index contributed by atoms with van der Waals surface area (Å²) in [6, 6.07) is 19.0. The van der Waals surface area contributed by atoms with Gasteiger partial charge in [0.05, 0.1) is 16.8 Å². The highest BCUT2D eigenvalue weighted by Crippen LogP contribution is 2.36. The van der Waals surface area contributed by atoms with E-state index in [0.29, 0.717) is 23.2 Å². The van der Waals surface area contributed by atoms with Gasteiger partial charge in [-0.15, -0.1) is 0 Å². The van der Waals surface area contributed by atoms with Gasteiger partial charge >= 0.3 is 0 Å². The molecule has 0 saturated carbocycles. The number of anilines is 1. The summed E-state index contributed by atoms with van der Waals surface area (Å²) in [6.45, 7) is 2.19. The van der Waals surface area contributed by atoms with Crippen LogP contribution in [0.15, 0.2) is 73.1 Å². The van der Waals surface area contributed by atoms with E-state index in [4.69, 9.17) is 14.5 Å². The Morgan fingerprint density at radius 3 is 2.57 bits per heavy atom. The van der Waals surface area contributed by atoms with E-state index < -0.39 is 12.2 Å². The predicted octanol–water partition coefficient (Wildman–Crippen LogP) is 4.45. The molecule has 0 radical (unpaired) electrons. The third kappa shape index (κ3) is 3.48. The van der Waals surface area contributed by atoms with Crippen molar-refractivity contribution in [3.05, 3.63) is 78.6 Å². The number of carbonyl (C=O) groups excluding carboxylic acids is 1. The van der Waals surface area contributed by atoms with Crippen LogP contribution in [0.4, 0.5) is 5.13 Å². The predicted molar refractivity (Wildman–Crippen MR) is 116 cm³/mol. The number of fused-ring (bicyclic) bond motifs is 2. The van der Waals surface area contributed by atoms with Crippen molar-refractivity contribution >= 4 is 32.6 Å². The van der Waals surface area contributed by atoms with Gasteiger partial charge in [-0.05, 0) is 42.8 Å². The zero-order valence-electron chi connectivity index (χ0n) is 16.3. The Bertz CT molecular complexity index is 1160. The van der Waals surface area contributed by atoms with Crippen molar-refractivity contribution in [3.8, 4) is 11.5 Å². The van der Waals surface area contributed by atoms with Crippen LogP contribution < -0.4 is 14.4 Å².